The van der Waals surface area contributed by atoms with Gasteiger partial charge in [0.05, 0.1) is 37.0 Å². The second kappa shape index (κ2) is 12.7. The molecular weight excluding hydrogens is 536 g/mol. The fourth-order valence-electron chi connectivity index (χ4n) is 3.92. The number of nitrogens with one attached hydrogen (secondary N) is 2. The van der Waals surface area contributed by atoms with Crippen molar-refractivity contribution in [3.63, 3.8) is 0 Å². The summed E-state index contributed by atoms with van der Waals surface area (Å²) in [7, 11) is 0.835. The monoisotopic (exact) mass is 566 g/mol. The number of hydrogen-bond acceptors (Lipinski definition) is 8. The van der Waals surface area contributed by atoms with Crippen molar-refractivity contribution >= 4 is 38.1 Å². The summed E-state index contributed by atoms with van der Waals surface area (Å²) >= 11 is 1.47. The Kier molecular flexibility index (Phi) is 9.18. The van der Waals surface area contributed by atoms with Crippen molar-refractivity contribution in [1.82, 2.24) is 9.29 Å². The molecule has 0 saturated heterocycles. The van der Waals surface area contributed by atoms with Crippen molar-refractivity contribution in [2.75, 3.05) is 45.0 Å². The average Bonchev–Trinajstić information content (AvgIpc) is 3.45. The van der Waals surface area contributed by atoms with Crippen LogP contribution in [0.25, 0.3) is 11.3 Å². The van der Waals surface area contributed by atoms with E-state index in [0.717, 1.165) is 22.0 Å². The van der Waals surface area contributed by atoms with E-state index in [9.17, 15) is 13.2 Å². The van der Waals surface area contributed by atoms with Gasteiger partial charge in [0.1, 0.15) is 11.5 Å². The molecule has 0 aliphatic carbocycles. The number of aromatic nitrogens is 1. The first-order chi connectivity index (χ1) is 18.8. The highest BCUT2D eigenvalue weighted by Crippen LogP contribution is 2.32. The first-order valence-electron chi connectivity index (χ1n) is 12.1. The molecule has 4 rings (SSSR count). The zero-order valence-corrected chi connectivity index (χ0v) is 23.5. The fraction of sp³-hybridized carbons (Fsp3) is 0.214. The number of rotatable bonds is 12. The van der Waals surface area contributed by atoms with E-state index in [1.165, 1.54) is 42.0 Å². The van der Waals surface area contributed by atoms with Crippen molar-refractivity contribution < 1.29 is 22.7 Å². The molecule has 1 amide bonds. The topological polar surface area (TPSA) is 110 Å². The Morgan fingerprint density at radius 2 is 1.74 bits per heavy atom. The molecule has 0 aliphatic heterocycles. The molecule has 0 bridgehead atoms. The summed E-state index contributed by atoms with van der Waals surface area (Å²) in [6, 6.07) is 21.0. The van der Waals surface area contributed by atoms with E-state index >= 15 is 0 Å². The molecule has 39 heavy (non-hydrogen) atoms. The Balaban J connectivity index is 1.58. The minimum atomic E-state index is -3.98. The predicted molar refractivity (Wildman–Crippen MR) is 154 cm³/mol. The van der Waals surface area contributed by atoms with Crippen LogP contribution in [0.15, 0.2) is 83.1 Å². The summed E-state index contributed by atoms with van der Waals surface area (Å²) in [6.45, 7) is -0.260. The molecule has 0 saturated carbocycles. The fourth-order valence-corrected chi connectivity index (χ4v) is 5.99. The molecule has 0 radical (unpaired) electrons. The van der Waals surface area contributed by atoms with Gasteiger partial charge in [-0.15, -0.1) is 11.3 Å². The molecule has 3 aromatic carbocycles. The van der Waals surface area contributed by atoms with Gasteiger partial charge in [0.2, 0.25) is 15.9 Å². The van der Waals surface area contributed by atoms with Gasteiger partial charge >= 0.3 is 0 Å². The van der Waals surface area contributed by atoms with Gasteiger partial charge in [0, 0.05) is 24.5 Å². The molecule has 0 aliphatic rings. The lowest BCUT2D eigenvalue weighted by Gasteiger charge is -2.22. The van der Waals surface area contributed by atoms with Crippen LogP contribution >= 0.6 is 11.3 Å². The maximum atomic E-state index is 13.6. The van der Waals surface area contributed by atoms with E-state index in [-0.39, 0.29) is 18.0 Å². The second-order valence-corrected chi connectivity index (χ2v) is 11.3. The largest absolute Gasteiger partial charge is 0.497 e. The third kappa shape index (κ3) is 6.94. The molecule has 1 heterocycles. The Morgan fingerprint density at radius 3 is 2.38 bits per heavy atom. The Hall–Kier alpha value is -3.93. The van der Waals surface area contributed by atoms with Crippen LogP contribution in [0.1, 0.15) is 5.56 Å². The number of carbonyl (C=O) groups is 1. The number of thiazole rings is 1. The highest BCUT2D eigenvalue weighted by molar-refractivity contribution is 7.89. The van der Waals surface area contributed by atoms with Crippen molar-refractivity contribution in [3.8, 4) is 22.8 Å². The van der Waals surface area contributed by atoms with E-state index in [1.54, 1.807) is 31.3 Å². The number of sulfonamides is 1. The minimum Gasteiger partial charge on any atom is -0.497 e. The van der Waals surface area contributed by atoms with Gasteiger partial charge in [-0.2, -0.15) is 4.31 Å². The predicted octanol–water partition coefficient (Wildman–Crippen LogP) is 4.74. The quantitative estimate of drug-likeness (QED) is 0.255. The van der Waals surface area contributed by atoms with Crippen LogP contribution < -0.4 is 20.1 Å². The van der Waals surface area contributed by atoms with Gasteiger partial charge in [-0.25, -0.2) is 13.4 Å². The molecule has 0 fully saturated rings. The van der Waals surface area contributed by atoms with Gasteiger partial charge in [-0.3, -0.25) is 4.79 Å². The van der Waals surface area contributed by atoms with Crippen molar-refractivity contribution in [3.05, 3.63) is 83.7 Å². The number of benzene rings is 3. The van der Waals surface area contributed by atoms with E-state index < -0.39 is 15.9 Å². The standard InChI is InChI=1S/C28H30N4O5S2/c1-29-28-31-25(19-38-28)21-9-14-26(37-3)24(17-21)30-27(33)18-32(16-15-20-7-5-4-6-8-20)39(34,35)23-12-10-22(36-2)11-13-23/h4-14,17,19H,15-16,18H2,1-3H3,(H,29,31)(H,30,33). The lowest BCUT2D eigenvalue weighted by molar-refractivity contribution is -0.116. The molecule has 2 N–H and O–H groups in total. The normalized spacial score (nSPS) is 11.3. The third-order valence-electron chi connectivity index (χ3n) is 6.00. The first kappa shape index (κ1) is 28.1. The SMILES string of the molecule is CNc1nc(-c2ccc(OC)c(NC(=O)CN(CCc3ccccc3)S(=O)(=O)c3ccc(OC)cc3)c2)cs1. The zero-order valence-electron chi connectivity index (χ0n) is 21.9. The maximum Gasteiger partial charge on any atom is 0.243 e. The van der Waals surface area contributed by atoms with Crippen LogP contribution in [0.5, 0.6) is 11.5 Å². The van der Waals surface area contributed by atoms with Gasteiger partial charge in [-0.05, 0) is 54.4 Å². The maximum absolute atomic E-state index is 13.6. The van der Waals surface area contributed by atoms with E-state index in [0.29, 0.717) is 23.6 Å². The molecule has 0 unspecified atom stereocenters. The van der Waals surface area contributed by atoms with Crippen LogP contribution in [0.3, 0.4) is 0 Å². The number of hydrogen-bond donors (Lipinski definition) is 2. The number of ether oxygens (including phenoxy) is 2. The molecule has 4 aromatic rings. The van der Waals surface area contributed by atoms with Crippen molar-refractivity contribution in [2.24, 2.45) is 0 Å². The van der Waals surface area contributed by atoms with Crippen LogP contribution in [0.4, 0.5) is 10.8 Å². The summed E-state index contributed by atoms with van der Waals surface area (Å²) in [5.74, 6) is 0.492. The summed E-state index contributed by atoms with van der Waals surface area (Å²) in [4.78, 5) is 17.9. The average molecular weight is 567 g/mol. The van der Waals surface area contributed by atoms with E-state index in [1.807, 2.05) is 41.8 Å². The van der Waals surface area contributed by atoms with Crippen LogP contribution in [0, 0.1) is 0 Å². The number of methoxy groups -OCH3 is 2. The van der Waals surface area contributed by atoms with Gasteiger partial charge < -0.3 is 20.1 Å². The Labute approximate surface area is 232 Å². The van der Waals surface area contributed by atoms with Gasteiger partial charge in [0.15, 0.2) is 5.13 Å². The highest BCUT2D eigenvalue weighted by atomic mass is 32.2. The number of carbonyl (C=O) groups excluding carboxylic acids is 1. The molecular formula is C28H30N4O5S2. The third-order valence-corrected chi connectivity index (χ3v) is 8.72. The smallest absolute Gasteiger partial charge is 0.243 e. The Bertz CT molecular complexity index is 1510. The number of amides is 1. The molecule has 0 spiro atoms. The summed E-state index contributed by atoms with van der Waals surface area (Å²) in [5.41, 5.74) is 2.92. The van der Waals surface area contributed by atoms with Crippen molar-refractivity contribution in [2.45, 2.75) is 11.3 Å². The Morgan fingerprint density at radius 1 is 1.00 bits per heavy atom. The van der Waals surface area contributed by atoms with Crippen molar-refractivity contribution in [1.29, 1.82) is 0 Å². The highest BCUT2D eigenvalue weighted by Gasteiger charge is 2.27. The van der Waals surface area contributed by atoms with Crippen LogP contribution in [-0.4, -0.2) is 58.0 Å². The number of nitrogens with zero attached hydrogens (tertiary/aromatic N) is 2. The summed E-state index contributed by atoms with van der Waals surface area (Å²) in [6.07, 6.45) is 0.444. The molecule has 204 valence electrons. The van der Waals surface area contributed by atoms with E-state index in [2.05, 4.69) is 15.6 Å². The minimum absolute atomic E-state index is 0.0765. The lowest BCUT2D eigenvalue weighted by atomic mass is 10.1. The van der Waals surface area contributed by atoms with Gasteiger partial charge in [0.25, 0.3) is 0 Å². The molecule has 0 atom stereocenters. The summed E-state index contributed by atoms with van der Waals surface area (Å²) < 4.78 is 39.0. The summed E-state index contributed by atoms with van der Waals surface area (Å²) in [5, 5.41) is 8.52. The molecule has 9 nitrogen and oxygen atoms in total. The van der Waals surface area contributed by atoms with Gasteiger partial charge in [-0.1, -0.05) is 30.3 Å². The van der Waals surface area contributed by atoms with Crippen LogP contribution in [-0.2, 0) is 21.2 Å². The molecule has 1 aromatic heterocycles. The molecule has 11 heteroatoms. The van der Waals surface area contributed by atoms with E-state index in [4.69, 9.17) is 9.47 Å². The second-order valence-electron chi connectivity index (χ2n) is 8.50. The zero-order chi connectivity index (χ0) is 27.8. The number of anilines is 2. The first-order valence-corrected chi connectivity index (χ1v) is 14.5. The van der Waals surface area contributed by atoms with Crippen LogP contribution in [0.2, 0.25) is 0 Å². The lowest BCUT2D eigenvalue weighted by Crippen LogP contribution is -2.39.